The first-order valence-corrected chi connectivity index (χ1v) is 6.64. The summed E-state index contributed by atoms with van der Waals surface area (Å²) in [6.45, 7) is 11.2. The van der Waals surface area contributed by atoms with Gasteiger partial charge in [0.25, 0.3) is 0 Å². The molecule has 2 heteroatoms. The van der Waals surface area contributed by atoms with Gasteiger partial charge in [0.1, 0.15) is 0 Å². The normalized spacial score (nSPS) is 11.0. The number of aromatic nitrogens is 1. The molecule has 1 heterocycles. The van der Waals surface area contributed by atoms with Crippen molar-refractivity contribution in [2.45, 2.75) is 33.4 Å². The monoisotopic (exact) mass is 242 g/mol. The van der Waals surface area contributed by atoms with E-state index in [9.17, 15) is 0 Å². The van der Waals surface area contributed by atoms with E-state index >= 15 is 0 Å². The lowest BCUT2D eigenvalue weighted by Crippen LogP contribution is -2.11. The topological polar surface area (TPSA) is 17.0 Å². The van der Waals surface area contributed by atoms with Gasteiger partial charge in [-0.15, -0.1) is 6.58 Å². The SMILES string of the molecule is C=C(C)CCn1ccc2c(CNCC)cccc21. The second-order valence-corrected chi connectivity index (χ2v) is 4.85. The molecule has 0 amide bonds. The van der Waals surface area contributed by atoms with E-state index < -0.39 is 0 Å². The van der Waals surface area contributed by atoms with Crippen LogP contribution in [0.5, 0.6) is 0 Å². The van der Waals surface area contributed by atoms with Crippen LogP contribution in [0.3, 0.4) is 0 Å². The average Bonchev–Trinajstić information content (AvgIpc) is 2.77. The number of aryl methyl sites for hydroxylation is 1. The lowest BCUT2D eigenvalue weighted by Gasteiger charge is -2.07. The van der Waals surface area contributed by atoms with Crippen LogP contribution in [0.15, 0.2) is 42.6 Å². The summed E-state index contributed by atoms with van der Waals surface area (Å²) in [5, 5.41) is 4.75. The minimum absolute atomic E-state index is 0.943. The number of nitrogens with one attached hydrogen (secondary N) is 1. The van der Waals surface area contributed by atoms with Crippen molar-refractivity contribution in [3.8, 4) is 0 Å². The quantitative estimate of drug-likeness (QED) is 0.764. The molecule has 0 radical (unpaired) electrons. The molecule has 1 aromatic heterocycles. The van der Waals surface area contributed by atoms with Gasteiger partial charge in [0.15, 0.2) is 0 Å². The van der Waals surface area contributed by atoms with E-state index in [1.807, 2.05) is 0 Å². The highest BCUT2D eigenvalue weighted by Gasteiger charge is 2.04. The van der Waals surface area contributed by atoms with E-state index in [0.29, 0.717) is 0 Å². The Morgan fingerprint density at radius 3 is 2.89 bits per heavy atom. The predicted octanol–water partition coefficient (Wildman–Crippen LogP) is 3.72. The highest BCUT2D eigenvalue weighted by atomic mass is 14.9. The lowest BCUT2D eigenvalue weighted by molar-refractivity contribution is 0.717. The number of hydrogen-bond donors (Lipinski definition) is 1. The van der Waals surface area contributed by atoms with Crippen LogP contribution in [-0.4, -0.2) is 11.1 Å². The van der Waals surface area contributed by atoms with Crippen LogP contribution in [0.4, 0.5) is 0 Å². The summed E-state index contributed by atoms with van der Waals surface area (Å²) in [5.41, 5.74) is 3.94. The van der Waals surface area contributed by atoms with Gasteiger partial charge in [-0.2, -0.15) is 0 Å². The summed E-state index contributed by atoms with van der Waals surface area (Å²) in [7, 11) is 0. The number of hydrogen-bond acceptors (Lipinski definition) is 1. The Labute approximate surface area is 109 Å². The zero-order chi connectivity index (χ0) is 13.0. The highest BCUT2D eigenvalue weighted by Crippen LogP contribution is 2.21. The van der Waals surface area contributed by atoms with Crippen molar-refractivity contribution in [1.82, 2.24) is 9.88 Å². The van der Waals surface area contributed by atoms with Crippen molar-refractivity contribution in [1.29, 1.82) is 0 Å². The fraction of sp³-hybridized carbons (Fsp3) is 0.375. The van der Waals surface area contributed by atoms with Crippen LogP contribution < -0.4 is 5.32 Å². The Kier molecular flexibility index (Phi) is 4.21. The third kappa shape index (κ3) is 2.82. The molecule has 1 aromatic carbocycles. The minimum atomic E-state index is 0.943. The van der Waals surface area contributed by atoms with Crippen molar-refractivity contribution < 1.29 is 0 Å². The van der Waals surface area contributed by atoms with E-state index in [1.165, 1.54) is 22.0 Å². The molecule has 0 unspecified atom stereocenters. The Bertz CT molecular complexity index is 537. The van der Waals surface area contributed by atoms with E-state index in [0.717, 1.165) is 26.1 Å². The fourth-order valence-corrected chi connectivity index (χ4v) is 2.21. The smallest absolute Gasteiger partial charge is 0.0483 e. The van der Waals surface area contributed by atoms with Gasteiger partial charge in [0.2, 0.25) is 0 Å². The molecule has 0 aliphatic rings. The molecular formula is C16H22N2. The molecule has 2 rings (SSSR count). The highest BCUT2D eigenvalue weighted by molar-refractivity contribution is 5.83. The maximum atomic E-state index is 3.97. The average molecular weight is 242 g/mol. The standard InChI is InChI=1S/C16H22N2/c1-4-17-12-14-6-5-7-16-15(14)9-11-18(16)10-8-13(2)3/h5-7,9,11,17H,2,4,8,10,12H2,1,3H3. The maximum absolute atomic E-state index is 3.97. The summed E-state index contributed by atoms with van der Waals surface area (Å²) in [4.78, 5) is 0. The Hall–Kier alpha value is -1.54. The van der Waals surface area contributed by atoms with Gasteiger partial charge in [-0.1, -0.05) is 24.6 Å². The van der Waals surface area contributed by atoms with E-state index in [2.05, 4.69) is 60.8 Å². The van der Waals surface area contributed by atoms with Crippen LogP contribution in [0.2, 0.25) is 0 Å². The van der Waals surface area contributed by atoms with Crippen LogP contribution in [0, 0.1) is 0 Å². The third-order valence-corrected chi connectivity index (χ3v) is 3.25. The first-order valence-electron chi connectivity index (χ1n) is 6.64. The Morgan fingerprint density at radius 2 is 2.17 bits per heavy atom. The van der Waals surface area contributed by atoms with Crippen molar-refractivity contribution >= 4 is 10.9 Å². The molecule has 1 N–H and O–H groups in total. The van der Waals surface area contributed by atoms with E-state index in [1.54, 1.807) is 0 Å². The Morgan fingerprint density at radius 1 is 1.33 bits per heavy atom. The van der Waals surface area contributed by atoms with Gasteiger partial charge in [-0.05, 0) is 37.6 Å². The van der Waals surface area contributed by atoms with Gasteiger partial charge in [-0.25, -0.2) is 0 Å². The van der Waals surface area contributed by atoms with Gasteiger partial charge < -0.3 is 9.88 Å². The molecule has 0 saturated carbocycles. The molecule has 0 aliphatic heterocycles. The molecule has 0 aliphatic carbocycles. The Balaban J connectivity index is 2.26. The van der Waals surface area contributed by atoms with Gasteiger partial charge in [0, 0.05) is 30.2 Å². The summed E-state index contributed by atoms with van der Waals surface area (Å²) >= 11 is 0. The van der Waals surface area contributed by atoms with Crippen molar-refractivity contribution in [3.05, 3.63) is 48.2 Å². The van der Waals surface area contributed by atoms with Gasteiger partial charge in [0.05, 0.1) is 0 Å². The third-order valence-electron chi connectivity index (χ3n) is 3.25. The molecule has 0 saturated heterocycles. The van der Waals surface area contributed by atoms with Crippen molar-refractivity contribution in [3.63, 3.8) is 0 Å². The molecule has 18 heavy (non-hydrogen) atoms. The molecule has 2 nitrogen and oxygen atoms in total. The predicted molar refractivity (Wildman–Crippen MR) is 78.7 cm³/mol. The number of fused-ring (bicyclic) bond motifs is 1. The van der Waals surface area contributed by atoms with Gasteiger partial charge in [-0.3, -0.25) is 0 Å². The first-order chi connectivity index (χ1) is 8.72. The van der Waals surface area contributed by atoms with Gasteiger partial charge >= 0.3 is 0 Å². The van der Waals surface area contributed by atoms with Crippen molar-refractivity contribution in [2.24, 2.45) is 0 Å². The second kappa shape index (κ2) is 5.87. The molecule has 0 bridgehead atoms. The number of allylic oxidation sites excluding steroid dienone is 1. The second-order valence-electron chi connectivity index (χ2n) is 4.85. The van der Waals surface area contributed by atoms with E-state index in [4.69, 9.17) is 0 Å². The zero-order valence-electron chi connectivity index (χ0n) is 11.4. The first kappa shape index (κ1) is 12.9. The fourth-order valence-electron chi connectivity index (χ4n) is 2.21. The number of benzene rings is 1. The molecular weight excluding hydrogens is 220 g/mol. The van der Waals surface area contributed by atoms with Crippen LogP contribution in [0.25, 0.3) is 10.9 Å². The molecule has 2 aromatic rings. The van der Waals surface area contributed by atoms with Crippen LogP contribution >= 0.6 is 0 Å². The maximum Gasteiger partial charge on any atom is 0.0483 e. The van der Waals surface area contributed by atoms with E-state index in [-0.39, 0.29) is 0 Å². The molecule has 0 atom stereocenters. The largest absolute Gasteiger partial charge is 0.347 e. The van der Waals surface area contributed by atoms with Crippen molar-refractivity contribution in [2.75, 3.05) is 6.54 Å². The summed E-state index contributed by atoms with van der Waals surface area (Å²) < 4.78 is 2.32. The van der Waals surface area contributed by atoms with Crippen LogP contribution in [0.1, 0.15) is 25.8 Å². The number of nitrogens with zero attached hydrogens (tertiary/aromatic N) is 1. The van der Waals surface area contributed by atoms with Crippen LogP contribution in [-0.2, 0) is 13.1 Å². The number of rotatable bonds is 6. The lowest BCUT2D eigenvalue weighted by atomic mass is 10.1. The minimum Gasteiger partial charge on any atom is -0.347 e. The molecule has 0 spiro atoms. The summed E-state index contributed by atoms with van der Waals surface area (Å²) in [6.07, 6.45) is 3.23. The summed E-state index contributed by atoms with van der Waals surface area (Å²) in [5.74, 6) is 0. The molecule has 96 valence electrons. The molecule has 0 fully saturated rings. The summed E-state index contributed by atoms with van der Waals surface area (Å²) in [6, 6.07) is 8.77. The zero-order valence-corrected chi connectivity index (χ0v) is 11.4.